The highest BCUT2D eigenvalue weighted by Gasteiger charge is 2.25. The van der Waals surface area contributed by atoms with E-state index in [-0.39, 0.29) is 12.1 Å². The molecular formula is C17H30N6O3. The van der Waals surface area contributed by atoms with Crippen LogP contribution in [0.1, 0.15) is 26.5 Å². The molecule has 1 fully saturated rings. The molecule has 1 aliphatic heterocycles. The van der Waals surface area contributed by atoms with Crippen molar-refractivity contribution in [1.29, 1.82) is 0 Å². The van der Waals surface area contributed by atoms with Gasteiger partial charge in [0, 0.05) is 52.4 Å². The molecule has 2 heterocycles. The summed E-state index contributed by atoms with van der Waals surface area (Å²) in [5, 5.41) is 9.80. The fraction of sp³-hybridized carbons (Fsp3) is 0.706. The van der Waals surface area contributed by atoms with Crippen molar-refractivity contribution in [3.63, 3.8) is 0 Å². The highest BCUT2D eigenvalue weighted by atomic mass is 16.6. The molecule has 3 amide bonds. The molecule has 1 aliphatic rings. The van der Waals surface area contributed by atoms with E-state index in [9.17, 15) is 9.59 Å². The first-order valence-corrected chi connectivity index (χ1v) is 8.90. The van der Waals surface area contributed by atoms with Crippen LogP contribution in [0.4, 0.5) is 15.4 Å². The zero-order valence-corrected chi connectivity index (χ0v) is 16.3. The maximum Gasteiger partial charge on any atom is 0.410 e. The zero-order valence-electron chi connectivity index (χ0n) is 16.3. The van der Waals surface area contributed by atoms with Gasteiger partial charge < -0.3 is 15.0 Å². The molecular weight excluding hydrogens is 336 g/mol. The first-order valence-electron chi connectivity index (χ1n) is 8.90. The Bertz CT molecular complexity index is 629. The molecule has 1 aromatic rings. The Hall–Kier alpha value is -2.29. The van der Waals surface area contributed by atoms with Crippen molar-refractivity contribution in [3.8, 4) is 0 Å². The first kappa shape index (κ1) is 20.0. The van der Waals surface area contributed by atoms with Crippen LogP contribution in [-0.4, -0.2) is 76.6 Å². The van der Waals surface area contributed by atoms with E-state index < -0.39 is 5.60 Å². The Kier molecular flexibility index (Phi) is 6.47. The van der Waals surface area contributed by atoms with Crippen molar-refractivity contribution < 1.29 is 14.3 Å². The molecule has 9 heteroatoms. The van der Waals surface area contributed by atoms with Gasteiger partial charge in [0.2, 0.25) is 0 Å². The van der Waals surface area contributed by atoms with Gasteiger partial charge in [-0.15, -0.1) is 0 Å². The van der Waals surface area contributed by atoms with Crippen molar-refractivity contribution >= 4 is 17.9 Å². The molecule has 0 radical (unpaired) electrons. The van der Waals surface area contributed by atoms with Crippen LogP contribution in [0.5, 0.6) is 0 Å². The maximum atomic E-state index is 12.0. The number of carbonyl (C=O) groups excluding carboxylic acids is 2. The second-order valence-corrected chi connectivity index (χ2v) is 7.48. The molecule has 26 heavy (non-hydrogen) atoms. The number of ether oxygens (including phenoxy) is 1. The Morgan fingerprint density at radius 1 is 1.23 bits per heavy atom. The summed E-state index contributed by atoms with van der Waals surface area (Å²) in [7, 11) is 1.78. The number of piperazine rings is 1. The minimum atomic E-state index is -0.474. The average Bonchev–Trinajstić information content (AvgIpc) is 2.83. The van der Waals surface area contributed by atoms with Crippen molar-refractivity contribution in [2.75, 3.05) is 44.6 Å². The third kappa shape index (κ3) is 6.21. The summed E-state index contributed by atoms with van der Waals surface area (Å²) in [6.45, 7) is 11.5. The van der Waals surface area contributed by atoms with Crippen molar-refractivity contribution in [3.05, 3.63) is 11.8 Å². The van der Waals surface area contributed by atoms with Crippen LogP contribution in [0.3, 0.4) is 0 Å². The van der Waals surface area contributed by atoms with Crippen LogP contribution in [0.15, 0.2) is 6.07 Å². The Balaban J connectivity index is 1.65. The normalized spacial score (nSPS) is 15.7. The summed E-state index contributed by atoms with van der Waals surface area (Å²) in [6, 6.07) is 1.57. The van der Waals surface area contributed by atoms with Crippen LogP contribution < -0.4 is 10.6 Å². The minimum Gasteiger partial charge on any atom is -0.444 e. The summed E-state index contributed by atoms with van der Waals surface area (Å²) in [5.41, 5.74) is 0.378. The van der Waals surface area contributed by atoms with E-state index in [1.54, 1.807) is 16.6 Å². The number of hydrogen-bond acceptors (Lipinski definition) is 5. The van der Waals surface area contributed by atoms with Crippen LogP contribution in [0, 0.1) is 6.92 Å². The fourth-order valence-electron chi connectivity index (χ4n) is 2.70. The predicted molar refractivity (Wildman–Crippen MR) is 99.2 cm³/mol. The summed E-state index contributed by atoms with van der Waals surface area (Å²) in [6.07, 6.45) is -0.263. The van der Waals surface area contributed by atoms with E-state index >= 15 is 0 Å². The maximum absolute atomic E-state index is 12.0. The number of aromatic nitrogens is 2. The molecule has 0 atom stereocenters. The standard InChI is InChI=1S/C17H30N6O3/c1-13-12-14(21(5)20-13)19-15(24)18-6-7-22-8-10-23(11-9-22)16(25)26-17(2,3)4/h12H,6-11H2,1-5H3,(H2,18,19,24). The van der Waals surface area contributed by atoms with E-state index in [1.807, 2.05) is 33.8 Å². The lowest BCUT2D eigenvalue weighted by Crippen LogP contribution is -2.51. The van der Waals surface area contributed by atoms with E-state index in [0.717, 1.165) is 25.3 Å². The third-order valence-corrected chi connectivity index (χ3v) is 3.98. The molecule has 2 rings (SSSR count). The molecule has 146 valence electrons. The zero-order chi connectivity index (χ0) is 19.3. The second-order valence-electron chi connectivity index (χ2n) is 7.48. The Morgan fingerprint density at radius 3 is 2.42 bits per heavy atom. The van der Waals surface area contributed by atoms with E-state index in [1.165, 1.54) is 0 Å². The van der Waals surface area contributed by atoms with Gasteiger partial charge in [-0.05, 0) is 27.7 Å². The van der Waals surface area contributed by atoms with Gasteiger partial charge in [0.1, 0.15) is 11.4 Å². The van der Waals surface area contributed by atoms with Crippen molar-refractivity contribution in [2.24, 2.45) is 7.05 Å². The Labute approximate surface area is 154 Å². The molecule has 9 nitrogen and oxygen atoms in total. The summed E-state index contributed by atoms with van der Waals surface area (Å²) in [5.74, 6) is 0.658. The topological polar surface area (TPSA) is 91.7 Å². The Morgan fingerprint density at radius 2 is 1.88 bits per heavy atom. The van der Waals surface area contributed by atoms with Crippen molar-refractivity contribution in [1.82, 2.24) is 24.9 Å². The lowest BCUT2D eigenvalue weighted by atomic mass is 10.2. The number of nitrogens with one attached hydrogen (secondary N) is 2. The number of carbonyl (C=O) groups is 2. The van der Waals surface area contributed by atoms with Gasteiger partial charge in [0.15, 0.2) is 0 Å². The van der Waals surface area contributed by atoms with Gasteiger partial charge in [0.25, 0.3) is 0 Å². The molecule has 0 unspecified atom stereocenters. The number of aryl methyl sites for hydroxylation is 2. The van der Waals surface area contributed by atoms with E-state index in [4.69, 9.17) is 4.74 Å². The fourth-order valence-corrected chi connectivity index (χ4v) is 2.70. The number of rotatable bonds is 4. The van der Waals surface area contributed by atoms with Gasteiger partial charge in [-0.25, -0.2) is 9.59 Å². The largest absolute Gasteiger partial charge is 0.444 e. The number of anilines is 1. The second kappa shape index (κ2) is 8.39. The van der Waals surface area contributed by atoms with E-state index in [2.05, 4.69) is 20.6 Å². The quantitative estimate of drug-likeness (QED) is 0.840. The van der Waals surface area contributed by atoms with Gasteiger partial charge in [-0.1, -0.05) is 0 Å². The van der Waals surface area contributed by atoms with Crippen LogP contribution >= 0.6 is 0 Å². The lowest BCUT2D eigenvalue weighted by molar-refractivity contribution is 0.0147. The third-order valence-electron chi connectivity index (χ3n) is 3.98. The molecule has 1 aromatic heterocycles. The van der Waals surface area contributed by atoms with Gasteiger partial charge in [-0.3, -0.25) is 14.9 Å². The van der Waals surface area contributed by atoms with Gasteiger partial charge in [0.05, 0.1) is 5.69 Å². The predicted octanol–water partition coefficient (Wildman–Crippen LogP) is 1.40. The minimum absolute atomic E-state index is 0.250. The number of hydrogen-bond donors (Lipinski definition) is 2. The first-order chi connectivity index (χ1) is 12.1. The summed E-state index contributed by atoms with van der Waals surface area (Å²) >= 11 is 0. The summed E-state index contributed by atoms with van der Waals surface area (Å²) in [4.78, 5) is 27.9. The lowest BCUT2D eigenvalue weighted by Gasteiger charge is -2.35. The van der Waals surface area contributed by atoms with Crippen LogP contribution in [0.2, 0.25) is 0 Å². The van der Waals surface area contributed by atoms with Gasteiger partial charge >= 0.3 is 12.1 Å². The smallest absolute Gasteiger partial charge is 0.410 e. The van der Waals surface area contributed by atoms with Crippen LogP contribution in [0.25, 0.3) is 0 Å². The highest BCUT2D eigenvalue weighted by Crippen LogP contribution is 2.11. The molecule has 0 spiro atoms. The molecule has 0 aromatic carbocycles. The SMILES string of the molecule is Cc1cc(NC(=O)NCCN2CCN(C(=O)OC(C)(C)C)CC2)n(C)n1. The molecule has 0 bridgehead atoms. The van der Waals surface area contributed by atoms with Crippen molar-refractivity contribution in [2.45, 2.75) is 33.3 Å². The van der Waals surface area contributed by atoms with Crippen LogP contribution in [-0.2, 0) is 11.8 Å². The molecule has 1 saturated heterocycles. The number of amides is 3. The average molecular weight is 366 g/mol. The van der Waals surface area contributed by atoms with Gasteiger partial charge in [-0.2, -0.15) is 5.10 Å². The highest BCUT2D eigenvalue weighted by molar-refractivity contribution is 5.88. The number of urea groups is 1. The monoisotopic (exact) mass is 366 g/mol. The molecule has 0 saturated carbocycles. The molecule has 2 N–H and O–H groups in total. The molecule has 0 aliphatic carbocycles. The summed E-state index contributed by atoms with van der Waals surface area (Å²) < 4.78 is 7.02. The number of nitrogens with zero attached hydrogens (tertiary/aromatic N) is 4. The van der Waals surface area contributed by atoms with E-state index in [0.29, 0.717) is 25.5 Å².